The fourth-order valence-corrected chi connectivity index (χ4v) is 3.27. The van der Waals surface area contributed by atoms with E-state index in [-0.39, 0.29) is 24.7 Å². The van der Waals surface area contributed by atoms with Gasteiger partial charge in [0.2, 0.25) is 0 Å². The van der Waals surface area contributed by atoms with E-state index in [0.717, 1.165) is 5.56 Å². The first kappa shape index (κ1) is 30.4. The summed E-state index contributed by atoms with van der Waals surface area (Å²) in [5, 5.41) is 0. The van der Waals surface area contributed by atoms with Crippen LogP contribution in [0.1, 0.15) is 26.3 Å². The third-order valence-corrected chi connectivity index (χ3v) is 5.23. The minimum absolute atomic E-state index is 0.0641. The number of carbonyl (C=O) groups excluding carboxylic acids is 1. The topological polar surface area (TPSA) is 116 Å². The van der Waals surface area contributed by atoms with Gasteiger partial charge in [0, 0.05) is 0 Å². The molecule has 34 heavy (non-hydrogen) atoms. The molecule has 1 rings (SSSR count). The molecule has 0 radical (unpaired) electrons. The number of benzene rings is 1. The second-order valence-electron chi connectivity index (χ2n) is 8.18. The molecule has 0 amide bonds. The maximum Gasteiger partial charge on any atom is 0.332 e. The second kappa shape index (κ2) is 16.9. The third kappa shape index (κ3) is 16.1. The van der Waals surface area contributed by atoms with Crippen LogP contribution >= 0.6 is 0 Å². The standard InChI is InChI=1S/C23H38O10S/c1-20-5-7-21(8-6-20)34(25,26)32-18-17-30-14-13-28-10-9-27-11-12-29-15-16-31-19-22(24)33-23(2,3)4/h5-8H,9-19H2,1-4H3. The van der Waals surface area contributed by atoms with Crippen LogP contribution in [0, 0.1) is 6.92 Å². The van der Waals surface area contributed by atoms with E-state index in [1.54, 1.807) is 32.9 Å². The Bertz CT molecular complexity index is 772. The summed E-state index contributed by atoms with van der Waals surface area (Å²) < 4.78 is 60.6. The highest BCUT2D eigenvalue weighted by atomic mass is 32.2. The Morgan fingerprint density at radius 2 is 1.12 bits per heavy atom. The summed E-state index contributed by atoms with van der Waals surface area (Å²) in [5.41, 5.74) is 0.452. The summed E-state index contributed by atoms with van der Waals surface area (Å²) in [5.74, 6) is -0.402. The summed E-state index contributed by atoms with van der Waals surface area (Å²) in [7, 11) is -3.77. The zero-order valence-electron chi connectivity index (χ0n) is 20.6. The van der Waals surface area contributed by atoms with Crippen LogP contribution in [0.15, 0.2) is 29.2 Å². The SMILES string of the molecule is Cc1ccc(S(=O)(=O)OCCOCCOCCOCCOCCOCC(=O)OC(C)(C)C)cc1. The Hall–Kier alpha value is -1.60. The van der Waals surface area contributed by atoms with Crippen molar-refractivity contribution >= 4 is 16.1 Å². The Labute approximate surface area is 202 Å². The van der Waals surface area contributed by atoms with Crippen LogP contribution in [0.3, 0.4) is 0 Å². The van der Waals surface area contributed by atoms with Crippen LogP contribution in [0.4, 0.5) is 0 Å². The van der Waals surface area contributed by atoms with E-state index in [4.69, 9.17) is 32.6 Å². The average molecular weight is 507 g/mol. The van der Waals surface area contributed by atoms with Gasteiger partial charge in [0.25, 0.3) is 10.1 Å². The van der Waals surface area contributed by atoms with Gasteiger partial charge in [-0.15, -0.1) is 0 Å². The van der Waals surface area contributed by atoms with Crippen LogP contribution in [0.2, 0.25) is 0 Å². The number of hydrogen-bond donors (Lipinski definition) is 0. The molecule has 0 aliphatic carbocycles. The van der Waals surface area contributed by atoms with Crippen LogP contribution in [-0.4, -0.2) is 92.7 Å². The number of ether oxygens (including phenoxy) is 6. The first-order chi connectivity index (χ1) is 16.1. The Kier molecular flexibility index (Phi) is 15.2. The summed E-state index contributed by atoms with van der Waals surface area (Å²) >= 11 is 0. The molecule has 0 atom stereocenters. The predicted octanol–water partition coefficient (Wildman–Crippen LogP) is 2.13. The average Bonchev–Trinajstić information content (AvgIpc) is 2.75. The Morgan fingerprint density at radius 3 is 1.56 bits per heavy atom. The molecule has 0 heterocycles. The van der Waals surface area contributed by atoms with Crippen molar-refractivity contribution in [1.29, 1.82) is 0 Å². The molecule has 0 saturated carbocycles. The van der Waals surface area contributed by atoms with Gasteiger partial charge < -0.3 is 28.4 Å². The van der Waals surface area contributed by atoms with Crippen molar-refractivity contribution in [3.63, 3.8) is 0 Å². The summed E-state index contributed by atoms with van der Waals surface area (Å²) in [6.45, 7) is 10.2. The molecule has 0 fully saturated rings. The molecular formula is C23H38O10S. The predicted molar refractivity (Wildman–Crippen MR) is 124 cm³/mol. The molecule has 0 spiro atoms. The highest BCUT2D eigenvalue weighted by molar-refractivity contribution is 7.86. The van der Waals surface area contributed by atoms with Gasteiger partial charge in [-0.2, -0.15) is 8.42 Å². The number of hydrogen-bond acceptors (Lipinski definition) is 10. The molecule has 11 heteroatoms. The number of esters is 1. The molecule has 0 aromatic heterocycles. The minimum atomic E-state index is -3.77. The summed E-state index contributed by atoms with van der Waals surface area (Å²) in [6, 6.07) is 6.45. The van der Waals surface area contributed by atoms with Gasteiger partial charge in [0.05, 0.1) is 71.0 Å². The molecule has 1 aromatic rings. The van der Waals surface area contributed by atoms with Crippen LogP contribution in [0.25, 0.3) is 0 Å². The lowest BCUT2D eigenvalue weighted by molar-refractivity contribution is -0.160. The molecule has 10 nitrogen and oxygen atoms in total. The first-order valence-corrected chi connectivity index (χ1v) is 12.6. The minimum Gasteiger partial charge on any atom is -0.458 e. The summed E-state index contributed by atoms with van der Waals surface area (Å²) in [4.78, 5) is 11.6. The molecule has 0 aliphatic heterocycles. The maximum atomic E-state index is 12.0. The first-order valence-electron chi connectivity index (χ1n) is 11.2. The van der Waals surface area contributed by atoms with E-state index in [1.165, 1.54) is 12.1 Å². The third-order valence-electron chi connectivity index (χ3n) is 3.90. The highest BCUT2D eigenvalue weighted by Crippen LogP contribution is 2.13. The fraction of sp³-hybridized carbons (Fsp3) is 0.696. The van der Waals surface area contributed by atoms with E-state index >= 15 is 0 Å². The Morgan fingerprint density at radius 1 is 0.706 bits per heavy atom. The van der Waals surface area contributed by atoms with Gasteiger partial charge in [-0.05, 0) is 39.8 Å². The summed E-state index contributed by atoms with van der Waals surface area (Å²) in [6.07, 6.45) is 0. The van der Waals surface area contributed by atoms with Crippen LogP contribution in [0.5, 0.6) is 0 Å². The molecule has 0 saturated heterocycles. The van der Waals surface area contributed by atoms with Gasteiger partial charge in [-0.1, -0.05) is 17.7 Å². The van der Waals surface area contributed by atoms with E-state index in [9.17, 15) is 13.2 Å². The van der Waals surface area contributed by atoms with Crippen LogP contribution in [-0.2, 0) is 47.5 Å². The van der Waals surface area contributed by atoms with Gasteiger partial charge >= 0.3 is 5.97 Å². The van der Waals surface area contributed by atoms with Crippen molar-refractivity contribution in [1.82, 2.24) is 0 Å². The van der Waals surface area contributed by atoms with Crippen molar-refractivity contribution in [2.45, 2.75) is 38.2 Å². The quantitative estimate of drug-likeness (QED) is 0.157. The molecule has 0 N–H and O–H groups in total. The molecule has 0 bridgehead atoms. The van der Waals surface area contributed by atoms with E-state index in [2.05, 4.69) is 0 Å². The monoisotopic (exact) mass is 506 g/mol. The molecule has 1 aromatic carbocycles. The smallest absolute Gasteiger partial charge is 0.332 e. The molecule has 0 unspecified atom stereocenters. The van der Waals surface area contributed by atoms with Gasteiger partial charge in [-0.3, -0.25) is 4.18 Å². The van der Waals surface area contributed by atoms with Crippen molar-refractivity contribution in [2.75, 3.05) is 72.7 Å². The van der Waals surface area contributed by atoms with Gasteiger partial charge in [0.1, 0.15) is 12.2 Å². The van der Waals surface area contributed by atoms with Gasteiger partial charge in [-0.25, -0.2) is 4.79 Å². The number of rotatable bonds is 19. The normalized spacial score (nSPS) is 12.1. The van der Waals surface area contributed by atoms with Crippen molar-refractivity contribution in [2.24, 2.45) is 0 Å². The number of aryl methyl sites for hydroxylation is 1. The zero-order chi connectivity index (χ0) is 25.3. The molecule has 196 valence electrons. The largest absolute Gasteiger partial charge is 0.458 e. The van der Waals surface area contributed by atoms with Crippen molar-refractivity contribution in [3.8, 4) is 0 Å². The molecule has 0 aliphatic rings. The lowest BCUT2D eigenvalue weighted by Crippen LogP contribution is -2.27. The van der Waals surface area contributed by atoms with E-state index < -0.39 is 21.7 Å². The van der Waals surface area contributed by atoms with Crippen molar-refractivity contribution < 1.29 is 45.8 Å². The fourth-order valence-electron chi connectivity index (χ4n) is 2.38. The van der Waals surface area contributed by atoms with Gasteiger partial charge in [0.15, 0.2) is 0 Å². The Balaban J connectivity index is 1.84. The van der Waals surface area contributed by atoms with E-state index in [0.29, 0.717) is 52.9 Å². The highest BCUT2D eigenvalue weighted by Gasteiger charge is 2.16. The molecular weight excluding hydrogens is 468 g/mol. The lowest BCUT2D eigenvalue weighted by Gasteiger charge is -2.19. The van der Waals surface area contributed by atoms with Crippen molar-refractivity contribution in [3.05, 3.63) is 29.8 Å². The lowest BCUT2D eigenvalue weighted by atomic mass is 10.2. The van der Waals surface area contributed by atoms with Crippen LogP contribution < -0.4 is 0 Å². The number of carbonyl (C=O) groups is 1. The van der Waals surface area contributed by atoms with E-state index in [1.807, 2.05) is 6.92 Å². The zero-order valence-corrected chi connectivity index (χ0v) is 21.4. The second-order valence-corrected chi connectivity index (χ2v) is 9.79. The maximum absolute atomic E-state index is 12.0.